The average molecular weight is 427 g/mol. The van der Waals surface area contributed by atoms with Crippen LogP contribution in [0.4, 0.5) is 0 Å². The third-order valence-electron chi connectivity index (χ3n) is 7.20. The van der Waals surface area contributed by atoms with Crippen molar-refractivity contribution in [2.45, 2.75) is 63.8 Å². The first-order chi connectivity index (χ1) is 15.0. The lowest BCUT2D eigenvalue weighted by Gasteiger charge is -2.28. The molecule has 1 saturated carbocycles. The molecule has 166 valence electrons. The SMILES string of the molecule is C[C@H]1CC[C@@H](NC(=O)c2c(O)c3cccnc3n(CCN3C[C@H]4C[C@@H]3CO4)c2=O)CC1. The number of nitrogens with zero attached hydrogens (tertiary/aromatic N) is 3. The summed E-state index contributed by atoms with van der Waals surface area (Å²) in [7, 11) is 0. The number of pyridine rings is 2. The van der Waals surface area contributed by atoms with E-state index in [1.807, 2.05) is 0 Å². The Morgan fingerprint density at radius 2 is 2.10 bits per heavy atom. The summed E-state index contributed by atoms with van der Waals surface area (Å²) in [6, 6.07) is 3.85. The van der Waals surface area contributed by atoms with Gasteiger partial charge in [-0.3, -0.25) is 19.1 Å². The highest BCUT2D eigenvalue weighted by atomic mass is 16.5. The minimum Gasteiger partial charge on any atom is -0.506 e. The monoisotopic (exact) mass is 426 g/mol. The van der Waals surface area contributed by atoms with Crippen LogP contribution in [0.25, 0.3) is 11.0 Å². The van der Waals surface area contributed by atoms with Crippen molar-refractivity contribution in [3.05, 3.63) is 34.2 Å². The normalized spacial score (nSPS) is 28.3. The Hall–Kier alpha value is -2.45. The zero-order valence-electron chi connectivity index (χ0n) is 17.9. The molecule has 0 spiro atoms. The van der Waals surface area contributed by atoms with E-state index in [4.69, 9.17) is 4.74 Å². The first kappa shape index (κ1) is 20.5. The number of aromatic hydroxyl groups is 1. The van der Waals surface area contributed by atoms with E-state index in [1.165, 1.54) is 0 Å². The van der Waals surface area contributed by atoms with E-state index < -0.39 is 11.5 Å². The van der Waals surface area contributed by atoms with Crippen LogP contribution in [-0.4, -0.2) is 63.3 Å². The molecule has 0 radical (unpaired) electrons. The first-order valence-electron chi connectivity index (χ1n) is 11.4. The second-order valence-corrected chi connectivity index (χ2v) is 9.33. The lowest BCUT2D eigenvalue weighted by atomic mass is 9.87. The van der Waals surface area contributed by atoms with E-state index in [2.05, 4.69) is 22.1 Å². The Morgan fingerprint density at radius 3 is 2.81 bits per heavy atom. The second kappa shape index (κ2) is 8.24. The number of hydrogen-bond donors (Lipinski definition) is 2. The van der Waals surface area contributed by atoms with Crippen LogP contribution in [0.15, 0.2) is 23.1 Å². The summed E-state index contributed by atoms with van der Waals surface area (Å²) < 4.78 is 7.21. The topological polar surface area (TPSA) is 96.7 Å². The molecule has 2 aromatic rings. The third-order valence-corrected chi connectivity index (χ3v) is 7.20. The van der Waals surface area contributed by atoms with E-state index >= 15 is 0 Å². The van der Waals surface area contributed by atoms with Crippen LogP contribution < -0.4 is 10.9 Å². The number of likely N-dealkylation sites (tertiary alicyclic amines) is 1. The fourth-order valence-corrected chi connectivity index (χ4v) is 5.32. The van der Waals surface area contributed by atoms with Crippen LogP contribution in [0.1, 0.15) is 49.4 Å². The van der Waals surface area contributed by atoms with Crippen LogP contribution in [0.5, 0.6) is 5.75 Å². The molecule has 2 N–H and O–H groups in total. The molecule has 8 nitrogen and oxygen atoms in total. The third kappa shape index (κ3) is 3.83. The lowest BCUT2D eigenvalue weighted by Crippen LogP contribution is -2.42. The van der Waals surface area contributed by atoms with Gasteiger partial charge in [-0.1, -0.05) is 6.92 Å². The molecule has 4 heterocycles. The van der Waals surface area contributed by atoms with Gasteiger partial charge in [-0.05, 0) is 50.2 Å². The summed E-state index contributed by atoms with van der Waals surface area (Å²) in [4.78, 5) is 33.1. The van der Waals surface area contributed by atoms with Gasteiger partial charge in [-0.2, -0.15) is 0 Å². The zero-order valence-corrected chi connectivity index (χ0v) is 17.9. The van der Waals surface area contributed by atoms with Crippen LogP contribution in [-0.2, 0) is 11.3 Å². The molecular formula is C23H30N4O4. The van der Waals surface area contributed by atoms with Crippen molar-refractivity contribution < 1.29 is 14.6 Å². The molecule has 2 aliphatic heterocycles. The Kier molecular flexibility index (Phi) is 5.44. The molecule has 5 rings (SSSR count). The molecule has 3 aliphatic rings. The van der Waals surface area contributed by atoms with Gasteiger partial charge in [0.1, 0.15) is 17.0 Å². The van der Waals surface area contributed by atoms with E-state index in [1.54, 1.807) is 22.9 Å². The number of morpholine rings is 1. The maximum atomic E-state index is 13.4. The Labute approximate surface area is 181 Å². The highest BCUT2D eigenvalue weighted by Gasteiger charge is 2.38. The number of aromatic nitrogens is 2. The van der Waals surface area contributed by atoms with Crippen molar-refractivity contribution in [2.24, 2.45) is 5.92 Å². The summed E-state index contributed by atoms with van der Waals surface area (Å²) in [6.07, 6.45) is 6.85. The first-order valence-corrected chi connectivity index (χ1v) is 11.4. The number of fused-ring (bicyclic) bond motifs is 3. The van der Waals surface area contributed by atoms with E-state index in [-0.39, 0.29) is 23.5 Å². The van der Waals surface area contributed by atoms with Crippen molar-refractivity contribution in [3.63, 3.8) is 0 Å². The molecule has 2 aromatic heterocycles. The molecule has 31 heavy (non-hydrogen) atoms. The average Bonchev–Trinajstić information content (AvgIpc) is 3.39. The van der Waals surface area contributed by atoms with Gasteiger partial charge in [0.2, 0.25) is 0 Å². The van der Waals surface area contributed by atoms with Crippen molar-refractivity contribution in [3.8, 4) is 5.75 Å². The molecule has 0 aromatic carbocycles. The molecule has 8 heteroatoms. The van der Waals surface area contributed by atoms with Crippen LogP contribution >= 0.6 is 0 Å². The molecule has 1 amide bonds. The molecule has 3 fully saturated rings. The maximum absolute atomic E-state index is 13.4. The molecule has 1 aliphatic carbocycles. The van der Waals surface area contributed by atoms with Crippen LogP contribution in [0.2, 0.25) is 0 Å². The number of amides is 1. The van der Waals surface area contributed by atoms with Crippen molar-refractivity contribution in [2.75, 3.05) is 19.7 Å². The standard InChI is InChI=1S/C23H30N4O4/c1-14-4-6-15(7-5-14)25-22(29)19-20(28)18-3-2-8-24-21(18)27(23(19)30)10-9-26-12-17-11-16(26)13-31-17/h2-3,8,14-17,28H,4-7,9-13H2,1H3,(H,25,29)/t14-,15+,16-,17-/m1/s1. The van der Waals surface area contributed by atoms with E-state index in [0.29, 0.717) is 36.1 Å². The largest absolute Gasteiger partial charge is 0.506 e. The van der Waals surface area contributed by atoms with Gasteiger partial charge in [0.15, 0.2) is 0 Å². The number of carbonyl (C=O) groups excluding carboxylic acids is 1. The summed E-state index contributed by atoms with van der Waals surface area (Å²) in [5.41, 5.74) is -0.245. The Morgan fingerprint density at radius 1 is 1.29 bits per heavy atom. The summed E-state index contributed by atoms with van der Waals surface area (Å²) in [5.74, 6) is -0.105. The summed E-state index contributed by atoms with van der Waals surface area (Å²) >= 11 is 0. The van der Waals surface area contributed by atoms with Gasteiger partial charge < -0.3 is 15.2 Å². The van der Waals surface area contributed by atoms with Gasteiger partial charge in [0, 0.05) is 37.9 Å². The van der Waals surface area contributed by atoms with E-state index in [0.717, 1.165) is 45.3 Å². The number of ether oxygens (including phenoxy) is 1. The lowest BCUT2D eigenvalue weighted by molar-refractivity contribution is 0.0294. The predicted molar refractivity (Wildman–Crippen MR) is 116 cm³/mol. The predicted octanol–water partition coefficient (Wildman–Crippen LogP) is 1.88. The number of nitrogens with one attached hydrogen (secondary N) is 1. The molecule has 0 unspecified atom stereocenters. The van der Waals surface area contributed by atoms with E-state index in [9.17, 15) is 14.7 Å². The molecule has 2 atom stereocenters. The smallest absolute Gasteiger partial charge is 0.268 e. The highest BCUT2D eigenvalue weighted by Crippen LogP contribution is 2.29. The van der Waals surface area contributed by atoms with Gasteiger partial charge in [0.05, 0.1) is 18.1 Å². The molecular weight excluding hydrogens is 396 g/mol. The van der Waals surface area contributed by atoms with Gasteiger partial charge in [0.25, 0.3) is 11.5 Å². The van der Waals surface area contributed by atoms with Crippen LogP contribution in [0.3, 0.4) is 0 Å². The van der Waals surface area contributed by atoms with Gasteiger partial charge in [-0.25, -0.2) is 4.98 Å². The van der Waals surface area contributed by atoms with Crippen molar-refractivity contribution in [1.29, 1.82) is 0 Å². The summed E-state index contributed by atoms with van der Waals surface area (Å²) in [5, 5.41) is 14.2. The highest BCUT2D eigenvalue weighted by molar-refractivity contribution is 6.01. The zero-order chi connectivity index (χ0) is 21.5. The van der Waals surface area contributed by atoms with Gasteiger partial charge in [-0.15, -0.1) is 0 Å². The number of rotatable bonds is 5. The van der Waals surface area contributed by atoms with Crippen molar-refractivity contribution in [1.82, 2.24) is 19.8 Å². The number of carbonyl (C=O) groups is 1. The fourth-order valence-electron chi connectivity index (χ4n) is 5.32. The van der Waals surface area contributed by atoms with Crippen LogP contribution in [0, 0.1) is 5.92 Å². The van der Waals surface area contributed by atoms with Crippen molar-refractivity contribution >= 4 is 16.9 Å². The molecule has 2 saturated heterocycles. The Bertz CT molecular complexity index is 1040. The number of hydrogen-bond acceptors (Lipinski definition) is 6. The minimum absolute atomic E-state index is 0.0423. The van der Waals surface area contributed by atoms with Gasteiger partial charge >= 0.3 is 0 Å². The second-order valence-electron chi connectivity index (χ2n) is 9.33. The minimum atomic E-state index is -0.491. The Balaban J connectivity index is 1.44. The fraction of sp³-hybridized carbons (Fsp3) is 0.609. The molecule has 2 bridgehead atoms. The maximum Gasteiger partial charge on any atom is 0.268 e. The quantitative estimate of drug-likeness (QED) is 0.758. The summed E-state index contributed by atoms with van der Waals surface area (Å²) in [6.45, 7) is 4.93.